The summed E-state index contributed by atoms with van der Waals surface area (Å²) in [5.74, 6) is 4.29. The Bertz CT molecular complexity index is 455. The van der Waals surface area contributed by atoms with Gasteiger partial charge in [0.1, 0.15) is 11.6 Å². The predicted molar refractivity (Wildman–Crippen MR) is 95.6 cm³/mol. The molecule has 1 unspecified atom stereocenters. The van der Waals surface area contributed by atoms with Gasteiger partial charge in [0.05, 0.1) is 15.3 Å². The second-order valence-electron chi connectivity index (χ2n) is 5.04. The van der Waals surface area contributed by atoms with Gasteiger partial charge in [-0.1, -0.05) is 13.8 Å². The topological polar surface area (TPSA) is 41.1 Å². The van der Waals surface area contributed by atoms with Gasteiger partial charge in [0.25, 0.3) is 0 Å². The van der Waals surface area contributed by atoms with E-state index in [1.54, 1.807) is 0 Å². The summed E-state index contributed by atoms with van der Waals surface area (Å²) in [5, 5.41) is 3.45. The lowest BCUT2D eigenvalue weighted by atomic mass is 10.2. The van der Waals surface area contributed by atoms with Crippen LogP contribution in [0.15, 0.2) is 0 Å². The monoisotopic (exact) mass is 406 g/mol. The molecule has 20 heavy (non-hydrogen) atoms. The lowest BCUT2D eigenvalue weighted by Crippen LogP contribution is -2.34. The predicted octanol–water partition coefficient (Wildman–Crippen LogP) is 3.19. The van der Waals surface area contributed by atoms with Crippen LogP contribution in [0.3, 0.4) is 0 Å². The fourth-order valence-electron chi connectivity index (χ4n) is 2.21. The lowest BCUT2D eigenvalue weighted by Gasteiger charge is -2.31. The molecule has 0 aromatic carbocycles. The van der Waals surface area contributed by atoms with Gasteiger partial charge in [-0.3, -0.25) is 4.90 Å². The molecular weight excluding hydrogens is 383 g/mol. The molecule has 0 spiro atoms. The number of aromatic nitrogens is 2. The summed E-state index contributed by atoms with van der Waals surface area (Å²) in [4.78, 5) is 12.0. The smallest absolute Gasteiger partial charge is 0.149 e. The third kappa shape index (κ3) is 3.76. The molecule has 2 heterocycles. The first kappa shape index (κ1) is 16.3. The maximum atomic E-state index is 4.82. The Morgan fingerprint density at radius 1 is 1.40 bits per heavy atom. The summed E-state index contributed by atoms with van der Waals surface area (Å²) in [7, 11) is 2.18. The van der Waals surface area contributed by atoms with Gasteiger partial charge in [0.15, 0.2) is 0 Å². The first-order valence-corrected chi connectivity index (χ1v) is 9.48. The van der Waals surface area contributed by atoms with E-state index in [1.165, 1.54) is 9.32 Å². The zero-order chi connectivity index (χ0) is 14.5. The molecule has 1 aliphatic rings. The second-order valence-corrected chi connectivity index (χ2v) is 7.27. The van der Waals surface area contributed by atoms with Gasteiger partial charge in [-0.2, -0.15) is 11.8 Å². The Morgan fingerprint density at radius 3 is 2.85 bits per heavy atom. The molecule has 0 radical (unpaired) electrons. The highest BCUT2D eigenvalue weighted by molar-refractivity contribution is 14.1. The Morgan fingerprint density at radius 2 is 2.20 bits per heavy atom. The number of hydrogen-bond donors (Lipinski definition) is 1. The summed E-state index contributed by atoms with van der Waals surface area (Å²) in [5.41, 5.74) is 1.16. The standard InChI is InChI=1S/C14H23IN4S/c1-4-6-16-14-12(15)10(5-2)17-13(18-14)11-9-20-8-7-19(11)3/h11H,4-9H2,1-3H3,(H,16,17,18). The van der Waals surface area contributed by atoms with Crippen LogP contribution in [0.2, 0.25) is 0 Å². The van der Waals surface area contributed by atoms with Gasteiger partial charge in [-0.05, 0) is 42.5 Å². The SMILES string of the molecule is CCCNc1nc(C2CSCCN2C)nc(CC)c1I. The first-order valence-electron chi connectivity index (χ1n) is 7.25. The molecule has 1 aromatic heterocycles. The van der Waals surface area contributed by atoms with Crippen molar-refractivity contribution in [3.05, 3.63) is 15.1 Å². The molecule has 6 heteroatoms. The second kappa shape index (κ2) is 7.79. The minimum absolute atomic E-state index is 0.346. The highest BCUT2D eigenvalue weighted by atomic mass is 127. The van der Waals surface area contributed by atoms with Crippen molar-refractivity contribution in [1.29, 1.82) is 0 Å². The van der Waals surface area contributed by atoms with E-state index in [-0.39, 0.29) is 0 Å². The molecule has 1 atom stereocenters. The molecule has 112 valence electrons. The molecular formula is C14H23IN4S. The third-order valence-corrected chi connectivity index (χ3v) is 5.66. The molecule has 0 bridgehead atoms. The number of nitrogens with zero attached hydrogens (tertiary/aromatic N) is 3. The maximum Gasteiger partial charge on any atom is 0.149 e. The summed E-state index contributed by atoms with van der Waals surface area (Å²) in [6, 6.07) is 0.346. The number of halogens is 1. The van der Waals surface area contributed by atoms with Crippen LogP contribution in [0, 0.1) is 3.57 Å². The van der Waals surface area contributed by atoms with Crippen LogP contribution in [0.25, 0.3) is 0 Å². The molecule has 1 saturated heterocycles. The summed E-state index contributed by atoms with van der Waals surface area (Å²) in [6.45, 7) is 6.42. The van der Waals surface area contributed by atoms with Crippen molar-refractivity contribution in [3.63, 3.8) is 0 Å². The van der Waals surface area contributed by atoms with Gasteiger partial charge >= 0.3 is 0 Å². The number of rotatable bonds is 5. The molecule has 1 N–H and O–H groups in total. The van der Waals surface area contributed by atoms with Crippen molar-refractivity contribution in [3.8, 4) is 0 Å². The fourth-order valence-corrected chi connectivity index (χ4v) is 4.24. The van der Waals surface area contributed by atoms with Gasteiger partial charge < -0.3 is 5.32 Å². The number of hydrogen-bond acceptors (Lipinski definition) is 5. The highest BCUT2D eigenvalue weighted by Crippen LogP contribution is 2.29. The highest BCUT2D eigenvalue weighted by Gasteiger charge is 2.25. The quantitative estimate of drug-likeness (QED) is 0.761. The zero-order valence-corrected chi connectivity index (χ0v) is 15.4. The van der Waals surface area contributed by atoms with E-state index >= 15 is 0 Å². The van der Waals surface area contributed by atoms with Crippen molar-refractivity contribution in [1.82, 2.24) is 14.9 Å². The largest absolute Gasteiger partial charge is 0.369 e. The molecule has 0 saturated carbocycles. The van der Waals surface area contributed by atoms with Crippen LogP contribution in [-0.2, 0) is 6.42 Å². The van der Waals surface area contributed by atoms with Crippen LogP contribution in [0.1, 0.15) is 37.8 Å². The Balaban J connectivity index is 2.32. The van der Waals surface area contributed by atoms with Crippen LogP contribution in [0.5, 0.6) is 0 Å². The first-order chi connectivity index (χ1) is 9.67. The van der Waals surface area contributed by atoms with Crippen molar-refractivity contribution < 1.29 is 0 Å². The molecule has 1 aromatic rings. The molecule has 0 aliphatic carbocycles. The van der Waals surface area contributed by atoms with Gasteiger partial charge in [0, 0.05) is 24.6 Å². The lowest BCUT2D eigenvalue weighted by molar-refractivity contribution is 0.264. The number of thioether (sulfide) groups is 1. The molecule has 0 amide bonds. The maximum absolute atomic E-state index is 4.82. The van der Waals surface area contributed by atoms with Crippen molar-refractivity contribution >= 4 is 40.2 Å². The van der Waals surface area contributed by atoms with Gasteiger partial charge in [0.2, 0.25) is 0 Å². The van der Waals surface area contributed by atoms with Gasteiger partial charge in [-0.15, -0.1) is 0 Å². The number of aryl methyl sites for hydroxylation is 1. The molecule has 4 nitrogen and oxygen atoms in total. The van der Waals surface area contributed by atoms with Crippen molar-refractivity contribution in [2.24, 2.45) is 0 Å². The minimum atomic E-state index is 0.346. The van der Waals surface area contributed by atoms with Crippen LogP contribution in [-0.4, -0.2) is 46.5 Å². The fraction of sp³-hybridized carbons (Fsp3) is 0.714. The van der Waals surface area contributed by atoms with Crippen LogP contribution >= 0.6 is 34.4 Å². The minimum Gasteiger partial charge on any atom is -0.369 e. The Labute approximate surface area is 139 Å². The third-order valence-electron chi connectivity index (χ3n) is 3.51. The average Bonchev–Trinajstić information content (AvgIpc) is 2.47. The van der Waals surface area contributed by atoms with E-state index in [1.807, 2.05) is 11.8 Å². The van der Waals surface area contributed by atoms with Crippen LogP contribution in [0.4, 0.5) is 5.82 Å². The van der Waals surface area contributed by atoms with Gasteiger partial charge in [-0.25, -0.2) is 9.97 Å². The molecule has 1 aliphatic heterocycles. The normalized spacial score (nSPS) is 20.1. The zero-order valence-electron chi connectivity index (χ0n) is 12.4. The van der Waals surface area contributed by atoms with E-state index in [0.717, 1.165) is 49.0 Å². The number of anilines is 1. The molecule has 1 fully saturated rings. The Kier molecular flexibility index (Phi) is 6.35. The van der Waals surface area contributed by atoms with E-state index in [4.69, 9.17) is 9.97 Å². The van der Waals surface area contributed by atoms with Crippen molar-refractivity contribution in [2.45, 2.75) is 32.7 Å². The van der Waals surface area contributed by atoms with E-state index in [0.29, 0.717) is 6.04 Å². The number of nitrogens with one attached hydrogen (secondary N) is 1. The van der Waals surface area contributed by atoms with Crippen molar-refractivity contribution in [2.75, 3.05) is 37.0 Å². The average molecular weight is 406 g/mol. The molecule has 2 rings (SSSR count). The summed E-state index contributed by atoms with van der Waals surface area (Å²) < 4.78 is 1.17. The van der Waals surface area contributed by atoms with E-state index < -0.39 is 0 Å². The van der Waals surface area contributed by atoms with E-state index in [2.05, 4.69) is 53.7 Å². The summed E-state index contributed by atoms with van der Waals surface area (Å²) >= 11 is 4.37. The van der Waals surface area contributed by atoms with E-state index in [9.17, 15) is 0 Å². The summed E-state index contributed by atoms with van der Waals surface area (Å²) in [6.07, 6.45) is 2.06. The van der Waals surface area contributed by atoms with Crippen LogP contribution < -0.4 is 5.32 Å². The Hall–Kier alpha value is -0.0800.